The topological polar surface area (TPSA) is 12.9 Å². The van der Waals surface area contributed by atoms with E-state index < -0.39 is 90.1 Å². The van der Waals surface area contributed by atoms with E-state index >= 15 is 0 Å². The summed E-state index contributed by atoms with van der Waals surface area (Å²) in [6.45, 7) is 72.0. The molecule has 1 aromatic rings. The quantitative estimate of drug-likeness (QED) is 0.150. The first-order valence-corrected chi connectivity index (χ1v) is 62.5. The average molecular weight is 931 g/mol. The molecule has 4 atom stereocenters. The van der Waals surface area contributed by atoms with Gasteiger partial charge in [0.1, 0.15) is 0 Å². The van der Waals surface area contributed by atoms with Crippen LogP contribution in [0.25, 0.3) is 0 Å². The Hall–Kier alpha value is 2.48. The second-order valence-corrected chi connectivity index (χ2v) is 132. The molecule has 1 heterocycles. The van der Waals surface area contributed by atoms with Crippen LogP contribution in [0, 0.1) is 28.8 Å². The number of halogens is 2. The SMILES string of the molecule is CC1C(C)C(C)C([Si](C)(C)[Si](C)(C)[Si](C)(C)[Si](C)(C)[Si](C)(C)[Si](C)(C)[Si](C)(C)[Si](C)(C)[Si](C)(C)[C-](c2ccccn2)[Si](C)(C)C)C1C.[Cl][Ti][Cl]. The van der Waals surface area contributed by atoms with Crippen LogP contribution in [0.3, 0.4) is 0 Å². The Bertz CT molecular complexity index is 1270. The van der Waals surface area contributed by atoms with Gasteiger partial charge in [-0.2, -0.15) is 11.2 Å². The summed E-state index contributed by atoms with van der Waals surface area (Å²) in [5.74, 6) is 3.57. The predicted octanol–water partition coefficient (Wildman–Crippen LogP) is 13.7. The Labute approximate surface area is 339 Å². The van der Waals surface area contributed by atoms with Crippen LogP contribution in [-0.2, 0) is 17.0 Å². The second kappa shape index (κ2) is 16.4. The number of hydrogen-bond acceptors (Lipinski definition) is 1. The zero-order valence-electron chi connectivity index (χ0n) is 37.9. The summed E-state index contributed by atoms with van der Waals surface area (Å²) in [6.07, 6.45) is 2.07. The van der Waals surface area contributed by atoms with E-state index in [1.165, 1.54) is 5.69 Å². The molecule has 0 aliphatic heterocycles. The van der Waals surface area contributed by atoms with Crippen LogP contribution in [-0.4, -0.2) is 78.0 Å². The number of nitrogens with zero attached hydrogens (tertiary/aromatic N) is 1. The molecule has 2 rings (SSSR count). The third kappa shape index (κ3) is 7.98. The zero-order chi connectivity index (χ0) is 40.3. The van der Waals surface area contributed by atoms with Crippen molar-refractivity contribution >= 4 is 91.6 Å². The van der Waals surface area contributed by atoms with Crippen molar-refractivity contribution in [2.45, 2.75) is 171 Å². The molecule has 1 saturated carbocycles. The van der Waals surface area contributed by atoms with E-state index in [1.54, 1.807) is 0 Å². The van der Waals surface area contributed by atoms with Crippen LogP contribution in [0.5, 0.6) is 0 Å². The molecule has 0 N–H and O–H groups in total. The van der Waals surface area contributed by atoms with Gasteiger partial charge < -0.3 is 0 Å². The van der Waals surface area contributed by atoms with E-state index in [1.807, 2.05) is 5.16 Å². The van der Waals surface area contributed by atoms with Gasteiger partial charge in [0.15, 0.2) is 0 Å². The van der Waals surface area contributed by atoms with Crippen LogP contribution in [0.2, 0.25) is 143 Å². The van der Waals surface area contributed by atoms with Gasteiger partial charge in [0, 0.05) is 63.6 Å². The van der Waals surface area contributed by atoms with Gasteiger partial charge in [-0.05, 0) is 44.9 Å². The minimum atomic E-state index is -1.76. The van der Waals surface area contributed by atoms with Crippen LogP contribution >= 0.6 is 18.6 Å². The van der Waals surface area contributed by atoms with Crippen molar-refractivity contribution in [3.05, 3.63) is 35.3 Å². The fourth-order valence-electron chi connectivity index (χ4n) is 11.8. The van der Waals surface area contributed by atoms with Crippen molar-refractivity contribution in [3.63, 3.8) is 0 Å². The monoisotopic (exact) mass is 928 g/mol. The molecular weight excluding hydrogens is 846 g/mol. The summed E-state index contributed by atoms with van der Waals surface area (Å²) in [5.41, 5.74) is 2.37. The Morgan fingerprint density at radius 1 is 0.500 bits per heavy atom. The van der Waals surface area contributed by atoms with Crippen LogP contribution in [0.1, 0.15) is 33.4 Å². The van der Waals surface area contributed by atoms with Crippen molar-refractivity contribution in [1.29, 1.82) is 0 Å². The fraction of sp³-hybridized carbons (Fsp3) is 0.833. The summed E-state index contributed by atoms with van der Waals surface area (Å²) < 4.78 is 0. The number of hydrogen-bond donors (Lipinski definition) is 0. The Balaban J connectivity index is 0.00000401. The maximum atomic E-state index is 5.10. The van der Waals surface area contributed by atoms with Crippen LogP contribution < -0.4 is 0 Å². The van der Waals surface area contributed by atoms with Gasteiger partial charge >= 0.3 is 35.6 Å². The molecule has 0 aromatic carbocycles. The molecule has 1 aromatic heterocycles. The molecule has 0 bridgehead atoms. The molecule has 0 radical (unpaired) electrons. The third-order valence-corrected chi connectivity index (χ3v) is 225. The first-order chi connectivity index (χ1) is 21.9. The first kappa shape index (κ1) is 50.5. The van der Waals surface area contributed by atoms with Gasteiger partial charge in [-0.1, -0.05) is 171 Å². The van der Waals surface area contributed by atoms with E-state index in [0.717, 1.165) is 29.2 Å². The molecule has 14 heteroatoms. The van der Waals surface area contributed by atoms with Crippen LogP contribution in [0.4, 0.5) is 0 Å². The van der Waals surface area contributed by atoms with Gasteiger partial charge in [-0.15, -0.1) is 11.8 Å². The zero-order valence-corrected chi connectivity index (χ0v) is 51.0. The normalized spacial score (nSPS) is 23.7. The molecule has 1 aliphatic carbocycles. The Morgan fingerprint density at radius 3 is 1.12 bits per heavy atom. The van der Waals surface area contributed by atoms with Crippen molar-refractivity contribution in [2.24, 2.45) is 23.7 Å². The molecular formula is C36H84Cl2NSi10Ti-. The van der Waals surface area contributed by atoms with Crippen LogP contribution in [0.15, 0.2) is 24.4 Å². The van der Waals surface area contributed by atoms with E-state index in [2.05, 4.69) is 190 Å². The maximum absolute atomic E-state index is 5.10. The van der Waals surface area contributed by atoms with E-state index in [4.69, 9.17) is 23.6 Å². The molecule has 50 heavy (non-hydrogen) atoms. The molecule has 292 valence electrons. The summed E-state index contributed by atoms with van der Waals surface area (Å²) in [4.78, 5) is 5.10. The summed E-state index contributed by atoms with van der Waals surface area (Å²) in [5, 5.41) is 1.89. The second-order valence-electron chi connectivity index (χ2n) is 22.6. The molecule has 1 nitrogen and oxygen atoms in total. The Morgan fingerprint density at radius 2 is 0.820 bits per heavy atom. The van der Waals surface area contributed by atoms with Crippen molar-refractivity contribution in [2.75, 3.05) is 0 Å². The van der Waals surface area contributed by atoms with Gasteiger partial charge in [0.25, 0.3) is 0 Å². The van der Waals surface area contributed by atoms with E-state index in [0.29, 0.717) is 0 Å². The third-order valence-electron chi connectivity index (χ3n) is 19.3. The number of aromatic nitrogens is 1. The average Bonchev–Trinajstić information content (AvgIpc) is 3.14. The van der Waals surface area contributed by atoms with Gasteiger partial charge in [-0.3, -0.25) is 4.98 Å². The number of rotatable bonds is 12. The molecule has 0 saturated heterocycles. The van der Waals surface area contributed by atoms with Gasteiger partial charge in [0.05, 0.1) is 0 Å². The van der Waals surface area contributed by atoms with Crippen molar-refractivity contribution in [3.8, 4) is 0 Å². The summed E-state index contributed by atoms with van der Waals surface area (Å²) in [6, 6.07) is 6.75. The molecule has 1 fully saturated rings. The summed E-state index contributed by atoms with van der Waals surface area (Å²) >= 11 is -0.556. The van der Waals surface area contributed by atoms with E-state index in [9.17, 15) is 0 Å². The standard InChI is InChI=1S/C36H84NSi10.2ClH.Ti/c1-30-31(2)33(4)35(32(30)3)39(8,9)41(12,13)43(16,17)45(20,21)47(24,25)46(22,23)44(18,19)42(14,15)40(10,11)36(38(5,6)7)34-28-26-27-29-37-34;;;/h26-33,35H,1-25H3;2*1H;/q-1;;;+2/p-2. The predicted molar refractivity (Wildman–Crippen MR) is 259 cm³/mol. The summed E-state index contributed by atoms with van der Waals surface area (Å²) in [7, 11) is -6.00. The molecule has 0 spiro atoms. The van der Waals surface area contributed by atoms with Gasteiger partial charge in [-0.25, -0.2) is 0 Å². The first-order valence-electron chi connectivity index (χ1n) is 19.7. The van der Waals surface area contributed by atoms with Gasteiger partial charge in [0.2, 0.25) is 0 Å². The molecule has 1 aliphatic rings. The Kier molecular flexibility index (Phi) is 16.6. The van der Waals surface area contributed by atoms with Crippen molar-refractivity contribution < 1.29 is 17.0 Å². The molecule has 0 amide bonds. The van der Waals surface area contributed by atoms with E-state index in [-0.39, 0.29) is 0 Å². The number of pyridine rings is 1. The fourth-order valence-corrected chi connectivity index (χ4v) is 303. The van der Waals surface area contributed by atoms with Crippen molar-refractivity contribution in [1.82, 2.24) is 4.98 Å². The minimum absolute atomic E-state index is 0.556. The molecule has 4 unspecified atom stereocenters.